The minimum atomic E-state index is -1.25. The lowest BCUT2D eigenvalue weighted by molar-refractivity contribution is -0.141. The second kappa shape index (κ2) is 6.33. The molecule has 0 amide bonds. The number of rotatable bonds is 5. The monoisotopic (exact) mass is 308 g/mol. The lowest BCUT2D eigenvalue weighted by atomic mass is 10.1. The molecule has 0 unspecified atom stereocenters. The molecular formula is C14H16N2O6. The average molecular weight is 308 g/mol. The Balaban J connectivity index is 2.18. The van der Waals surface area contributed by atoms with E-state index >= 15 is 0 Å². The van der Waals surface area contributed by atoms with Crippen molar-refractivity contribution in [3.63, 3.8) is 0 Å². The van der Waals surface area contributed by atoms with Crippen LogP contribution < -0.4 is 5.32 Å². The quantitative estimate of drug-likeness (QED) is 0.559. The molecule has 0 saturated carbocycles. The van der Waals surface area contributed by atoms with Gasteiger partial charge in [0.25, 0.3) is 0 Å². The van der Waals surface area contributed by atoms with Crippen molar-refractivity contribution in [3.05, 3.63) is 35.7 Å². The summed E-state index contributed by atoms with van der Waals surface area (Å²) in [5.74, 6) is -3.36. The number of carboxylic acid groups (broad SMARTS) is 3. The highest BCUT2D eigenvalue weighted by molar-refractivity contribution is 5.89. The molecule has 2 aliphatic heterocycles. The van der Waals surface area contributed by atoms with Crippen LogP contribution in [0.4, 0.5) is 0 Å². The molecule has 0 radical (unpaired) electrons. The van der Waals surface area contributed by atoms with Gasteiger partial charge in [-0.05, 0) is 36.6 Å². The maximum Gasteiger partial charge on any atom is 0.352 e. The Morgan fingerprint density at radius 2 is 1.95 bits per heavy atom. The molecule has 1 saturated heterocycles. The van der Waals surface area contributed by atoms with Crippen LogP contribution in [0, 0.1) is 0 Å². The molecule has 0 aromatic rings. The molecule has 2 aliphatic rings. The third-order valence-corrected chi connectivity index (χ3v) is 3.52. The first-order valence-electron chi connectivity index (χ1n) is 6.71. The summed E-state index contributed by atoms with van der Waals surface area (Å²) in [4.78, 5) is 34.8. The highest BCUT2D eigenvalue weighted by atomic mass is 16.4. The van der Waals surface area contributed by atoms with Crippen LogP contribution in [0.3, 0.4) is 0 Å². The highest BCUT2D eigenvalue weighted by Crippen LogP contribution is 2.19. The summed E-state index contributed by atoms with van der Waals surface area (Å²) in [6.45, 7) is 0.594. The molecule has 118 valence electrons. The number of dihydropyridines is 1. The number of nitrogens with one attached hydrogen (secondary N) is 1. The molecule has 0 aromatic carbocycles. The molecule has 0 aromatic heterocycles. The van der Waals surface area contributed by atoms with Crippen molar-refractivity contribution in [3.8, 4) is 0 Å². The van der Waals surface area contributed by atoms with E-state index in [0.29, 0.717) is 18.5 Å². The van der Waals surface area contributed by atoms with E-state index in [4.69, 9.17) is 15.3 Å². The minimum Gasteiger partial charge on any atom is -0.480 e. The van der Waals surface area contributed by atoms with Gasteiger partial charge >= 0.3 is 17.9 Å². The SMILES string of the molecule is O=C(O)C1=CC(/C=C/N2CCC[C@H]2C(=O)O)=C[C@@H](C(=O)O)N1. The summed E-state index contributed by atoms with van der Waals surface area (Å²) in [6.07, 6.45) is 7.09. The Bertz CT molecular complexity index is 592. The Hall–Kier alpha value is -2.77. The molecule has 0 spiro atoms. The highest BCUT2D eigenvalue weighted by Gasteiger charge is 2.28. The summed E-state index contributed by atoms with van der Waals surface area (Å²) >= 11 is 0. The van der Waals surface area contributed by atoms with Gasteiger partial charge in [-0.2, -0.15) is 0 Å². The van der Waals surface area contributed by atoms with Crippen molar-refractivity contribution in [2.24, 2.45) is 0 Å². The van der Waals surface area contributed by atoms with Crippen LogP contribution in [0.5, 0.6) is 0 Å². The van der Waals surface area contributed by atoms with Crippen LogP contribution in [0.1, 0.15) is 12.8 Å². The van der Waals surface area contributed by atoms with Crippen LogP contribution in [-0.2, 0) is 14.4 Å². The fourth-order valence-electron chi connectivity index (χ4n) is 2.43. The number of likely N-dealkylation sites (tertiary alicyclic amines) is 1. The second-order valence-electron chi connectivity index (χ2n) is 5.04. The molecule has 4 N–H and O–H groups in total. The molecule has 0 aliphatic carbocycles. The first-order chi connectivity index (χ1) is 10.4. The molecule has 8 heteroatoms. The van der Waals surface area contributed by atoms with Crippen molar-refractivity contribution in [2.45, 2.75) is 24.9 Å². The maximum absolute atomic E-state index is 11.1. The van der Waals surface area contributed by atoms with Crippen molar-refractivity contribution < 1.29 is 29.7 Å². The standard InChI is InChI=1S/C14H16N2O6/c17-12(18)9-6-8(7-10(15-9)13(19)20)3-5-16-4-1-2-11(16)14(21)22/h3,5-7,9,11,15H,1-2,4H2,(H,17,18)(H,19,20)(H,21,22)/b5-3+/t9-,11-/m0/s1. The number of allylic oxidation sites excluding steroid dienone is 3. The van der Waals surface area contributed by atoms with E-state index in [9.17, 15) is 14.4 Å². The molecule has 2 rings (SSSR count). The second-order valence-corrected chi connectivity index (χ2v) is 5.04. The van der Waals surface area contributed by atoms with Gasteiger partial charge in [0, 0.05) is 12.7 Å². The molecule has 0 bridgehead atoms. The van der Waals surface area contributed by atoms with Crippen molar-refractivity contribution in [1.82, 2.24) is 10.2 Å². The third-order valence-electron chi connectivity index (χ3n) is 3.52. The zero-order chi connectivity index (χ0) is 16.3. The molecule has 2 heterocycles. The molecule has 1 fully saturated rings. The summed E-state index contributed by atoms with van der Waals surface area (Å²) in [6, 6.07) is -1.73. The van der Waals surface area contributed by atoms with Crippen molar-refractivity contribution in [1.29, 1.82) is 0 Å². The Morgan fingerprint density at radius 3 is 2.55 bits per heavy atom. The Labute approximate surface area is 126 Å². The average Bonchev–Trinajstić information content (AvgIpc) is 2.93. The first kappa shape index (κ1) is 15.6. The number of aliphatic carboxylic acids is 3. The smallest absolute Gasteiger partial charge is 0.352 e. The molecule has 2 atom stereocenters. The van der Waals surface area contributed by atoms with E-state index in [-0.39, 0.29) is 5.70 Å². The van der Waals surface area contributed by atoms with E-state index in [0.717, 1.165) is 6.42 Å². The van der Waals surface area contributed by atoms with Gasteiger partial charge in [-0.3, -0.25) is 0 Å². The van der Waals surface area contributed by atoms with Gasteiger partial charge < -0.3 is 25.5 Å². The minimum absolute atomic E-state index is 0.217. The third kappa shape index (κ3) is 3.46. The summed E-state index contributed by atoms with van der Waals surface area (Å²) in [5, 5.41) is 29.5. The maximum atomic E-state index is 11.1. The lowest BCUT2D eigenvalue weighted by Gasteiger charge is -2.20. The fraction of sp³-hybridized carbons (Fsp3) is 0.357. The van der Waals surface area contributed by atoms with E-state index in [1.807, 2.05) is 0 Å². The summed E-state index contributed by atoms with van der Waals surface area (Å²) in [5.41, 5.74) is 0.186. The van der Waals surface area contributed by atoms with Crippen LogP contribution in [-0.4, -0.2) is 56.8 Å². The predicted octanol–water partition coefficient (Wildman–Crippen LogP) is 0.000400. The number of carboxylic acids is 3. The number of nitrogens with zero attached hydrogens (tertiary/aromatic N) is 1. The fourth-order valence-corrected chi connectivity index (χ4v) is 2.43. The first-order valence-corrected chi connectivity index (χ1v) is 6.71. The number of carbonyl (C=O) groups is 3. The van der Waals surface area contributed by atoms with Gasteiger partial charge in [0.15, 0.2) is 0 Å². The topological polar surface area (TPSA) is 127 Å². The van der Waals surface area contributed by atoms with E-state index < -0.39 is 30.0 Å². The molecule has 22 heavy (non-hydrogen) atoms. The molecular weight excluding hydrogens is 292 g/mol. The van der Waals surface area contributed by atoms with E-state index in [1.165, 1.54) is 18.2 Å². The normalized spacial score (nSPS) is 24.6. The van der Waals surface area contributed by atoms with Crippen LogP contribution in [0.15, 0.2) is 35.7 Å². The lowest BCUT2D eigenvalue weighted by Crippen LogP contribution is -2.39. The van der Waals surface area contributed by atoms with Gasteiger partial charge in [-0.25, -0.2) is 14.4 Å². The number of hydrogen-bond donors (Lipinski definition) is 4. The van der Waals surface area contributed by atoms with Gasteiger partial charge in [0.05, 0.1) is 0 Å². The largest absolute Gasteiger partial charge is 0.480 e. The summed E-state index contributed by atoms with van der Waals surface area (Å²) < 4.78 is 0. The van der Waals surface area contributed by atoms with Crippen LogP contribution >= 0.6 is 0 Å². The van der Waals surface area contributed by atoms with Crippen LogP contribution in [0.25, 0.3) is 0 Å². The Morgan fingerprint density at radius 1 is 1.23 bits per heavy atom. The van der Waals surface area contributed by atoms with E-state index in [1.54, 1.807) is 11.1 Å². The van der Waals surface area contributed by atoms with Crippen molar-refractivity contribution >= 4 is 17.9 Å². The predicted molar refractivity (Wildman–Crippen MR) is 74.9 cm³/mol. The van der Waals surface area contributed by atoms with Gasteiger partial charge in [-0.15, -0.1) is 0 Å². The zero-order valence-electron chi connectivity index (χ0n) is 11.6. The summed E-state index contributed by atoms with van der Waals surface area (Å²) in [7, 11) is 0. The van der Waals surface area contributed by atoms with Crippen molar-refractivity contribution in [2.75, 3.05) is 6.54 Å². The van der Waals surface area contributed by atoms with E-state index in [2.05, 4.69) is 5.32 Å². The zero-order valence-corrected chi connectivity index (χ0v) is 11.6. The van der Waals surface area contributed by atoms with Gasteiger partial charge in [0.1, 0.15) is 17.8 Å². The van der Waals surface area contributed by atoms with Crippen LogP contribution in [0.2, 0.25) is 0 Å². The molecule has 8 nitrogen and oxygen atoms in total. The number of hydrogen-bond acceptors (Lipinski definition) is 5. The van der Waals surface area contributed by atoms with Gasteiger partial charge in [0.2, 0.25) is 0 Å². The Kier molecular flexibility index (Phi) is 4.50. The van der Waals surface area contributed by atoms with Gasteiger partial charge in [-0.1, -0.05) is 0 Å².